The van der Waals surface area contributed by atoms with Crippen LogP contribution in [0.3, 0.4) is 0 Å². The summed E-state index contributed by atoms with van der Waals surface area (Å²) in [5.41, 5.74) is 3.39. The predicted octanol–water partition coefficient (Wildman–Crippen LogP) is 4.61. The third-order valence-corrected chi connectivity index (χ3v) is 10.9. The molecule has 0 spiro atoms. The van der Waals surface area contributed by atoms with Crippen molar-refractivity contribution >= 4 is 50.9 Å². The summed E-state index contributed by atoms with van der Waals surface area (Å²) in [4.78, 5) is 10.2. The van der Waals surface area contributed by atoms with Gasteiger partial charge < -0.3 is 24.5 Å². The van der Waals surface area contributed by atoms with Crippen molar-refractivity contribution in [3.8, 4) is 5.88 Å². The van der Waals surface area contributed by atoms with E-state index in [-0.39, 0.29) is 19.1 Å². The zero-order valence-corrected chi connectivity index (χ0v) is 27.5. The summed E-state index contributed by atoms with van der Waals surface area (Å²) in [6.45, 7) is 8.44. The van der Waals surface area contributed by atoms with E-state index in [1.807, 2.05) is 30.3 Å². The number of aromatic hydroxyl groups is 1. The van der Waals surface area contributed by atoms with E-state index in [1.165, 1.54) is 10.6 Å². The number of piperazine rings is 1. The third-order valence-electron chi connectivity index (χ3n) is 7.57. The fourth-order valence-corrected chi connectivity index (χ4v) is 7.95. The maximum absolute atomic E-state index is 13.6. The van der Waals surface area contributed by atoms with Gasteiger partial charge in [-0.15, -0.1) is 0 Å². The summed E-state index contributed by atoms with van der Waals surface area (Å²) in [6.07, 6.45) is 1.22. The largest absolute Gasteiger partial charge is 0.494 e. The number of nitrogens with zero attached hydrogens (tertiary/aromatic N) is 3. The number of hydrogen-bond acceptors (Lipinski definition) is 9. The molecule has 4 aromatic rings. The van der Waals surface area contributed by atoms with Crippen molar-refractivity contribution < 1.29 is 27.1 Å². The van der Waals surface area contributed by atoms with Crippen molar-refractivity contribution in [3.63, 3.8) is 0 Å². The monoisotopic (exact) mass is 653 g/mol. The molecule has 0 amide bonds. The summed E-state index contributed by atoms with van der Waals surface area (Å²) >= 11 is 0. The number of anilines is 1. The molecule has 1 aliphatic heterocycles. The number of hydrogen-bond donors (Lipinski definition) is 3. The number of nitrogens with one attached hydrogen (secondary N) is 2. The van der Waals surface area contributed by atoms with Crippen LogP contribution in [0.25, 0.3) is 10.9 Å². The maximum atomic E-state index is 13.6. The molecule has 0 atom stereocenters. The van der Waals surface area contributed by atoms with Crippen LogP contribution in [0.1, 0.15) is 25.0 Å². The van der Waals surface area contributed by atoms with E-state index >= 15 is 0 Å². The molecule has 0 aliphatic carbocycles. The zero-order chi connectivity index (χ0) is 32.0. The molecule has 0 saturated carbocycles. The standard InChI is InChI=1S/C32H40N5O6PS/c1-4-42-44(39,43-5-2)27-15-16-29-28(23-27)30(32(38)35-29)31(24-9-7-6-8-10-24)34-25-11-13-26(14-12-25)37(45(3,40)41)22-21-36-19-17-33-18-20-36/h6-16,23,33,35,38H,4-5,17-22H2,1-3H3. The van der Waals surface area contributed by atoms with Gasteiger partial charge in [0.15, 0.2) is 5.88 Å². The Morgan fingerprint density at radius 1 is 1.00 bits per heavy atom. The Balaban J connectivity index is 1.55. The summed E-state index contributed by atoms with van der Waals surface area (Å²) in [6, 6.07) is 21.6. The summed E-state index contributed by atoms with van der Waals surface area (Å²) in [5.74, 6) is -0.0970. The summed E-state index contributed by atoms with van der Waals surface area (Å²) in [7, 11) is -7.11. The van der Waals surface area contributed by atoms with Crippen molar-refractivity contribution in [1.29, 1.82) is 0 Å². The van der Waals surface area contributed by atoms with E-state index in [2.05, 4.69) is 15.2 Å². The Labute approximate surface area is 264 Å². The molecular formula is C32H40N5O6PS. The minimum atomic E-state index is -3.59. The number of aromatic amines is 1. The van der Waals surface area contributed by atoms with E-state index in [0.29, 0.717) is 51.9 Å². The smallest absolute Gasteiger partial charge is 0.361 e. The first kappa shape index (κ1) is 32.9. The number of rotatable bonds is 13. The number of sulfonamides is 1. The van der Waals surface area contributed by atoms with Crippen LogP contribution in [-0.2, 0) is 23.6 Å². The van der Waals surface area contributed by atoms with Crippen LogP contribution in [0.2, 0.25) is 0 Å². The Morgan fingerprint density at radius 3 is 2.29 bits per heavy atom. The highest BCUT2D eigenvalue weighted by Crippen LogP contribution is 2.47. The maximum Gasteiger partial charge on any atom is 0.361 e. The highest BCUT2D eigenvalue weighted by atomic mass is 32.2. The van der Waals surface area contributed by atoms with E-state index in [9.17, 15) is 18.1 Å². The Morgan fingerprint density at radius 2 is 1.67 bits per heavy atom. The second-order valence-corrected chi connectivity index (χ2v) is 14.6. The minimum absolute atomic E-state index is 0.0970. The van der Waals surface area contributed by atoms with Gasteiger partial charge in [-0.3, -0.25) is 13.8 Å². The minimum Gasteiger partial charge on any atom is -0.494 e. The quantitative estimate of drug-likeness (QED) is 0.141. The van der Waals surface area contributed by atoms with Gasteiger partial charge in [-0.25, -0.2) is 13.4 Å². The van der Waals surface area contributed by atoms with Crippen molar-refractivity contribution in [2.24, 2.45) is 4.99 Å². The van der Waals surface area contributed by atoms with Crippen LogP contribution in [0.5, 0.6) is 5.88 Å². The molecule has 3 aromatic carbocycles. The van der Waals surface area contributed by atoms with Gasteiger partial charge in [0.05, 0.1) is 47.4 Å². The molecule has 11 nitrogen and oxygen atoms in total. The van der Waals surface area contributed by atoms with Crippen LogP contribution < -0.4 is 14.9 Å². The first-order valence-electron chi connectivity index (χ1n) is 15.0. The van der Waals surface area contributed by atoms with Crippen molar-refractivity contribution in [1.82, 2.24) is 15.2 Å². The summed E-state index contributed by atoms with van der Waals surface area (Å²) in [5, 5.41) is 15.5. The molecule has 1 fully saturated rings. The van der Waals surface area contributed by atoms with Crippen LogP contribution in [0.4, 0.5) is 11.4 Å². The SMILES string of the molecule is CCOP(=O)(OCC)c1ccc2[nH]c(O)c(C(=Nc3ccc(N(CCN4CCNCC4)S(C)(=O)=O)cc3)c3ccccc3)c2c1. The Hall–Kier alpha value is -3.51. The van der Waals surface area contributed by atoms with Gasteiger partial charge in [-0.05, 0) is 56.3 Å². The molecule has 3 N–H and O–H groups in total. The molecule has 0 radical (unpaired) electrons. The van der Waals surface area contributed by atoms with E-state index in [4.69, 9.17) is 14.0 Å². The highest BCUT2D eigenvalue weighted by Gasteiger charge is 2.29. The Bertz CT molecular complexity index is 1780. The molecular weight excluding hydrogens is 613 g/mol. The van der Waals surface area contributed by atoms with E-state index < -0.39 is 17.6 Å². The molecule has 1 aliphatic rings. The lowest BCUT2D eigenvalue weighted by molar-refractivity contribution is 0.230. The molecule has 0 unspecified atom stereocenters. The van der Waals surface area contributed by atoms with E-state index in [1.54, 1.807) is 56.3 Å². The van der Waals surface area contributed by atoms with Gasteiger partial charge >= 0.3 is 7.60 Å². The fraction of sp³-hybridized carbons (Fsp3) is 0.344. The van der Waals surface area contributed by atoms with Crippen molar-refractivity contribution in [2.75, 3.05) is 63.0 Å². The lowest BCUT2D eigenvalue weighted by atomic mass is 10.0. The molecule has 1 saturated heterocycles. The first-order chi connectivity index (χ1) is 21.6. The number of H-pyrrole nitrogens is 1. The predicted molar refractivity (Wildman–Crippen MR) is 180 cm³/mol. The molecule has 0 bridgehead atoms. The van der Waals surface area contributed by atoms with Gasteiger partial charge in [0.1, 0.15) is 0 Å². The highest BCUT2D eigenvalue weighted by molar-refractivity contribution is 7.92. The zero-order valence-electron chi connectivity index (χ0n) is 25.8. The third kappa shape index (κ3) is 7.66. The molecule has 45 heavy (non-hydrogen) atoms. The van der Waals surface area contributed by atoms with Crippen LogP contribution in [0, 0.1) is 0 Å². The number of fused-ring (bicyclic) bond motifs is 1. The molecule has 5 rings (SSSR count). The van der Waals surface area contributed by atoms with Crippen molar-refractivity contribution in [2.45, 2.75) is 13.8 Å². The Kier molecular flexibility index (Phi) is 10.4. The van der Waals surface area contributed by atoms with Gasteiger partial charge in [0.25, 0.3) is 0 Å². The lowest BCUT2D eigenvalue weighted by Gasteiger charge is -2.30. The summed E-state index contributed by atoms with van der Waals surface area (Å²) < 4.78 is 51.7. The number of aromatic nitrogens is 1. The van der Waals surface area contributed by atoms with Gasteiger partial charge in [-0.2, -0.15) is 0 Å². The normalized spacial score (nSPS) is 15.0. The molecule has 240 valence electrons. The molecule has 13 heteroatoms. The fourth-order valence-electron chi connectivity index (χ4n) is 5.44. The van der Waals surface area contributed by atoms with Crippen LogP contribution in [-0.4, -0.2) is 87.9 Å². The average molecular weight is 654 g/mol. The van der Waals surface area contributed by atoms with Crippen molar-refractivity contribution in [3.05, 3.63) is 83.9 Å². The molecule has 1 aromatic heterocycles. The number of aliphatic imine (C=N–C) groups is 1. The number of benzene rings is 3. The van der Waals surface area contributed by atoms with Gasteiger partial charge in [-0.1, -0.05) is 30.3 Å². The topological polar surface area (TPSA) is 137 Å². The second kappa shape index (κ2) is 14.3. The van der Waals surface area contributed by atoms with Crippen LogP contribution >= 0.6 is 7.60 Å². The first-order valence-corrected chi connectivity index (χ1v) is 18.4. The lowest BCUT2D eigenvalue weighted by Crippen LogP contribution is -2.47. The van der Waals surface area contributed by atoms with Gasteiger partial charge in [0.2, 0.25) is 10.0 Å². The van der Waals surface area contributed by atoms with Gasteiger partial charge in [0, 0.05) is 55.7 Å². The van der Waals surface area contributed by atoms with Crippen LogP contribution in [0.15, 0.2) is 77.8 Å². The second-order valence-electron chi connectivity index (χ2n) is 10.7. The van der Waals surface area contributed by atoms with E-state index in [0.717, 1.165) is 31.7 Å². The average Bonchev–Trinajstić information content (AvgIpc) is 3.36. The molecule has 2 heterocycles.